The van der Waals surface area contributed by atoms with Gasteiger partial charge in [0, 0.05) is 26.2 Å². The second-order valence-corrected chi connectivity index (χ2v) is 6.13. The van der Waals surface area contributed by atoms with Gasteiger partial charge < -0.3 is 10.1 Å². The van der Waals surface area contributed by atoms with Gasteiger partial charge in [0.15, 0.2) is 0 Å². The van der Waals surface area contributed by atoms with Crippen LogP contribution in [0.1, 0.15) is 40.0 Å². The molecule has 0 aliphatic carbocycles. The predicted octanol–water partition coefficient (Wildman–Crippen LogP) is 1.88. The van der Waals surface area contributed by atoms with Gasteiger partial charge in [-0.2, -0.15) is 0 Å². The Kier molecular flexibility index (Phi) is 4.45. The predicted molar refractivity (Wildman–Crippen MR) is 71.3 cm³/mol. The van der Waals surface area contributed by atoms with Crippen molar-refractivity contribution in [3.63, 3.8) is 0 Å². The maximum Gasteiger partial charge on any atom is 0.0678 e. The fraction of sp³-hybridized carbons (Fsp3) is 1.00. The number of ether oxygens (including phenoxy) is 1. The van der Waals surface area contributed by atoms with Crippen molar-refractivity contribution < 1.29 is 4.74 Å². The summed E-state index contributed by atoms with van der Waals surface area (Å²) in [5.41, 5.74) is 0.533. The Balaban J connectivity index is 1.93. The van der Waals surface area contributed by atoms with E-state index in [0.717, 1.165) is 13.1 Å². The first-order valence-electron chi connectivity index (χ1n) is 7.22. The maximum absolute atomic E-state index is 5.82. The molecule has 0 bridgehead atoms. The van der Waals surface area contributed by atoms with Crippen LogP contribution in [0.5, 0.6) is 0 Å². The lowest BCUT2D eigenvalue weighted by molar-refractivity contribution is -0.0772. The van der Waals surface area contributed by atoms with E-state index < -0.39 is 0 Å². The lowest BCUT2D eigenvalue weighted by atomic mass is 9.81. The molecule has 100 valence electrons. The summed E-state index contributed by atoms with van der Waals surface area (Å²) in [6.45, 7) is 12.6. The van der Waals surface area contributed by atoms with Crippen LogP contribution in [0.25, 0.3) is 0 Å². The fourth-order valence-corrected chi connectivity index (χ4v) is 3.64. The van der Waals surface area contributed by atoms with Crippen molar-refractivity contribution in [3.8, 4) is 0 Å². The van der Waals surface area contributed by atoms with Gasteiger partial charge in [-0.25, -0.2) is 0 Å². The molecule has 2 saturated heterocycles. The van der Waals surface area contributed by atoms with Crippen LogP contribution in [0.2, 0.25) is 0 Å². The molecule has 2 aliphatic heterocycles. The van der Waals surface area contributed by atoms with E-state index in [1.165, 1.54) is 38.9 Å². The first-order chi connectivity index (χ1) is 8.13. The van der Waals surface area contributed by atoms with Crippen LogP contribution in [-0.4, -0.2) is 49.8 Å². The zero-order valence-electron chi connectivity index (χ0n) is 11.7. The van der Waals surface area contributed by atoms with Gasteiger partial charge in [0.25, 0.3) is 0 Å². The lowest BCUT2D eigenvalue weighted by Gasteiger charge is -2.40. The van der Waals surface area contributed by atoms with E-state index in [9.17, 15) is 0 Å². The van der Waals surface area contributed by atoms with E-state index in [0.29, 0.717) is 17.6 Å². The molecule has 1 N–H and O–H groups in total. The topological polar surface area (TPSA) is 24.5 Å². The molecule has 0 spiro atoms. The van der Waals surface area contributed by atoms with Crippen LogP contribution in [0.3, 0.4) is 0 Å². The number of rotatable bonds is 4. The standard InChI is InChI=1S/C14H28N2O/c1-4-5-14(6-7-15-10-14)11-16-8-12(2)17-13(3)9-16/h12-13,15H,4-11H2,1-3H3/t12-,13+,14?. The molecule has 2 aliphatic rings. The van der Waals surface area contributed by atoms with Crippen molar-refractivity contribution in [2.75, 3.05) is 32.7 Å². The molecular formula is C14H28N2O. The molecule has 0 aromatic rings. The van der Waals surface area contributed by atoms with Gasteiger partial charge >= 0.3 is 0 Å². The van der Waals surface area contributed by atoms with Gasteiger partial charge in [-0.3, -0.25) is 4.90 Å². The van der Waals surface area contributed by atoms with Crippen LogP contribution in [-0.2, 0) is 4.74 Å². The van der Waals surface area contributed by atoms with Gasteiger partial charge in [0.1, 0.15) is 0 Å². The van der Waals surface area contributed by atoms with E-state index in [1.54, 1.807) is 0 Å². The maximum atomic E-state index is 5.82. The third kappa shape index (κ3) is 3.43. The summed E-state index contributed by atoms with van der Waals surface area (Å²) in [5.74, 6) is 0. The molecule has 0 aromatic heterocycles. The smallest absolute Gasteiger partial charge is 0.0678 e. The van der Waals surface area contributed by atoms with Gasteiger partial charge in [0.2, 0.25) is 0 Å². The average molecular weight is 240 g/mol. The Bertz CT molecular complexity index is 228. The monoisotopic (exact) mass is 240 g/mol. The summed E-state index contributed by atoms with van der Waals surface area (Å²) >= 11 is 0. The minimum Gasteiger partial charge on any atom is -0.373 e. The minimum atomic E-state index is 0.395. The van der Waals surface area contributed by atoms with Gasteiger partial charge in [-0.05, 0) is 38.6 Å². The summed E-state index contributed by atoms with van der Waals surface area (Å²) in [5, 5.41) is 3.55. The highest BCUT2D eigenvalue weighted by atomic mass is 16.5. The van der Waals surface area contributed by atoms with Crippen LogP contribution in [0.4, 0.5) is 0 Å². The molecule has 2 fully saturated rings. The van der Waals surface area contributed by atoms with E-state index in [2.05, 4.69) is 31.0 Å². The number of hydrogen-bond acceptors (Lipinski definition) is 3. The molecule has 2 rings (SSSR count). The quantitative estimate of drug-likeness (QED) is 0.812. The van der Waals surface area contributed by atoms with E-state index in [1.807, 2.05) is 0 Å². The largest absolute Gasteiger partial charge is 0.373 e. The molecule has 2 heterocycles. The lowest BCUT2D eigenvalue weighted by Crippen LogP contribution is -2.50. The van der Waals surface area contributed by atoms with Crippen molar-refractivity contribution in [2.24, 2.45) is 5.41 Å². The molecule has 3 atom stereocenters. The molecule has 17 heavy (non-hydrogen) atoms. The van der Waals surface area contributed by atoms with Crippen LogP contribution in [0.15, 0.2) is 0 Å². The second kappa shape index (κ2) is 5.68. The summed E-state index contributed by atoms with van der Waals surface area (Å²) in [7, 11) is 0. The van der Waals surface area contributed by atoms with Crippen molar-refractivity contribution in [2.45, 2.75) is 52.2 Å². The first-order valence-corrected chi connectivity index (χ1v) is 7.22. The Labute approximate surface area is 106 Å². The molecule has 0 saturated carbocycles. The number of morpholine rings is 1. The normalized spacial score (nSPS) is 39.7. The van der Waals surface area contributed by atoms with E-state index in [4.69, 9.17) is 4.74 Å². The van der Waals surface area contributed by atoms with Crippen LogP contribution >= 0.6 is 0 Å². The summed E-state index contributed by atoms with van der Waals surface area (Å²) in [4.78, 5) is 2.63. The molecule has 0 aromatic carbocycles. The molecule has 3 nitrogen and oxygen atoms in total. The third-order valence-electron chi connectivity index (χ3n) is 4.17. The van der Waals surface area contributed by atoms with Crippen LogP contribution in [0, 0.1) is 5.41 Å². The van der Waals surface area contributed by atoms with Crippen molar-refractivity contribution >= 4 is 0 Å². The van der Waals surface area contributed by atoms with E-state index in [-0.39, 0.29) is 0 Å². The Hall–Kier alpha value is -0.120. The summed E-state index contributed by atoms with van der Waals surface area (Å²) in [6, 6.07) is 0. The zero-order chi connectivity index (χ0) is 12.3. The van der Waals surface area contributed by atoms with Crippen molar-refractivity contribution in [1.29, 1.82) is 0 Å². The Morgan fingerprint density at radius 2 is 2.00 bits per heavy atom. The molecule has 3 heteroatoms. The summed E-state index contributed by atoms with van der Waals surface area (Å²) < 4.78 is 5.82. The van der Waals surface area contributed by atoms with Gasteiger partial charge in [0.05, 0.1) is 12.2 Å². The highest BCUT2D eigenvalue weighted by molar-refractivity contribution is 4.91. The van der Waals surface area contributed by atoms with Gasteiger partial charge in [-0.1, -0.05) is 13.3 Å². The number of nitrogens with one attached hydrogen (secondary N) is 1. The minimum absolute atomic E-state index is 0.395. The second-order valence-electron chi connectivity index (χ2n) is 6.13. The van der Waals surface area contributed by atoms with Crippen molar-refractivity contribution in [1.82, 2.24) is 10.2 Å². The number of nitrogens with zero attached hydrogens (tertiary/aromatic N) is 1. The molecule has 1 unspecified atom stereocenters. The Morgan fingerprint density at radius 1 is 1.29 bits per heavy atom. The fourth-order valence-electron chi connectivity index (χ4n) is 3.64. The van der Waals surface area contributed by atoms with Crippen LogP contribution < -0.4 is 5.32 Å². The highest BCUT2D eigenvalue weighted by Gasteiger charge is 2.36. The Morgan fingerprint density at radius 3 is 2.53 bits per heavy atom. The summed E-state index contributed by atoms with van der Waals surface area (Å²) in [6.07, 6.45) is 4.80. The molecule has 0 radical (unpaired) electrons. The highest BCUT2D eigenvalue weighted by Crippen LogP contribution is 2.32. The average Bonchev–Trinajstić information content (AvgIpc) is 2.65. The first kappa shape index (κ1) is 13.3. The molecular weight excluding hydrogens is 212 g/mol. The van der Waals surface area contributed by atoms with Crippen molar-refractivity contribution in [3.05, 3.63) is 0 Å². The van der Waals surface area contributed by atoms with E-state index >= 15 is 0 Å². The zero-order valence-corrected chi connectivity index (χ0v) is 11.7. The third-order valence-corrected chi connectivity index (χ3v) is 4.17. The van der Waals surface area contributed by atoms with Gasteiger partial charge in [-0.15, -0.1) is 0 Å². The number of hydrogen-bond donors (Lipinski definition) is 1. The molecule has 0 amide bonds. The SMILES string of the molecule is CCCC1(CN2C[C@@H](C)O[C@@H](C)C2)CCNC1.